The molecular formula is C37H74O2. The Morgan fingerprint density at radius 3 is 1.05 bits per heavy atom. The molecule has 1 N–H and O–H groups in total. The number of carboxylic acid groups (broad SMARTS) is 1. The van der Waals surface area contributed by atoms with Crippen LogP contribution in [0, 0.1) is 11.3 Å². The highest BCUT2D eigenvalue weighted by atomic mass is 16.4. The van der Waals surface area contributed by atoms with Gasteiger partial charge in [-0.05, 0) is 25.2 Å². The Morgan fingerprint density at radius 1 is 0.487 bits per heavy atom. The zero-order valence-corrected chi connectivity index (χ0v) is 27.6. The van der Waals surface area contributed by atoms with Gasteiger partial charge in [-0.1, -0.05) is 201 Å². The molecule has 0 aromatic rings. The summed E-state index contributed by atoms with van der Waals surface area (Å²) in [6.45, 7) is 8.91. The zero-order valence-electron chi connectivity index (χ0n) is 27.6. The maximum Gasteiger partial charge on any atom is 0.309 e. The van der Waals surface area contributed by atoms with E-state index >= 15 is 0 Å². The van der Waals surface area contributed by atoms with E-state index in [1.165, 1.54) is 167 Å². The van der Waals surface area contributed by atoms with E-state index in [0.29, 0.717) is 0 Å². The Kier molecular flexibility index (Phi) is 28.6. The molecule has 2 atom stereocenters. The predicted molar refractivity (Wildman–Crippen MR) is 175 cm³/mol. The van der Waals surface area contributed by atoms with Crippen LogP contribution in [-0.4, -0.2) is 11.1 Å². The van der Waals surface area contributed by atoms with Gasteiger partial charge >= 0.3 is 5.97 Å². The average molecular weight is 551 g/mol. The fourth-order valence-corrected chi connectivity index (χ4v) is 6.62. The molecule has 0 amide bonds. The number of hydrogen-bond acceptors (Lipinski definition) is 1. The fourth-order valence-electron chi connectivity index (χ4n) is 6.62. The van der Waals surface area contributed by atoms with Crippen molar-refractivity contribution in [3.63, 3.8) is 0 Å². The second-order valence-electron chi connectivity index (χ2n) is 13.1. The lowest BCUT2D eigenvalue weighted by molar-refractivity contribution is -0.153. The van der Waals surface area contributed by atoms with Crippen molar-refractivity contribution in [3.05, 3.63) is 0 Å². The summed E-state index contributed by atoms with van der Waals surface area (Å²) in [5.41, 5.74) is -0.506. The number of rotatable bonds is 32. The van der Waals surface area contributed by atoms with Crippen molar-refractivity contribution in [2.75, 3.05) is 0 Å². The van der Waals surface area contributed by atoms with Crippen molar-refractivity contribution in [1.82, 2.24) is 0 Å². The summed E-state index contributed by atoms with van der Waals surface area (Å²) in [6, 6.07) is 0. The second kappa shape index (κ2) is 29.0. The van der Waals surface area contributed by atoms with E-state index < -0.39 is 11.4 Å². The first kappa shape index (κ1) is 38.5. The number of unbranched alkanes of at least 4 members (excludes halogenated alkanes) is 25. The number of carbonyl (C=O) groups is 1. The quantitative estimate of drug-likeness (QED) is 0.0845. The van der Waals surface area contributed by atoms with Crippen molar-refractivity contribution in [2.24, 2.45) is 11.3 Å². The highest BCUT2D eigenvalue weighted by Gasteiger charge is 2.40. The Balaban J connectivity index is 3.84. The minimum Gasteiger partial charge on any atom is -0.481 e. The summed E-state index contributed by atoms with van der Waals surface area (Å²) < 4.78 is 0. The minimum atomic E-state index is -0.540. The Hall–Kier alpha value is -0.530. The SMILES string of the molecule is CCCCCCCCCCCCCCCCC(CC)(C(=O)O)C(C)CCCCCCCCCCCCCCC. The van der Waals surface area contributed by atoms with Gasteiger partial charge in [0.15, 0.2) is 0 Å². The standard InChI is InChI=1S/C37H74O2/c1-5-8-10-12-14-16-18-20-22-24-26-28-30-32-34-37(7-3,36(38)39)35(4)33-31-29-27-25-23-21-19-17-15-13-11-9-6-2/h35H,5-34H2,1-4H3,(H,38,39). The Labute approximate surface area is 247 Å². The molecule has 0 fully saturated rings. The van der Waals surface area contributed by atoms with Gasteiger partial charge in [0.25, 0.3) is 0 Å². The van der Waals surface area contributed by atoms with Gasteiger partial charge in [0.1, 0.15) is 0 Å². The molecule has 2 nitrogen and oxygen atoms in total. The average Bonchev–Trinajstić information content (AvgIpc) is 2.93. The lowest BCUT2D eigenvalue weighted by Crippen LogP contribution is -2.37. The third kappa shape index (κ3) is 21.8. The minimum absolute atomic E-state index is 0.287. The molecule has 0 saturated heterocycles. The third-order valence-electron chi connectivity index (χ3n) is 9.72. The van der Waals surface area contributed by atoms with Crippen LogP contribution >= 0.6 is 0 Å². The number of aliphatic carboxylic acids is 1. The molecule has 0 radical (unpaired) electrons. The Bertz CT molecular complexity index is 502. The van der Waals surface area contributed by atoms with Gasteiger partial charge in [-0.15, -0.1) is 0 Å². The summed E-state index contributed by atoms with van der Waals surface area (Å²) in [7, 11) is 0. The van der Waals surface area contributed by atoms with E-state index in [2.05, 4.69) is 27.7 Å². The molecule has 2 unspecified atom stereocenters. The smallest absolute Gasteiger partial charge is 0.309 e. The summed E-state index contributed by atoms with van der Waals surface area (Å²) in [4.78, 5) is 12.4. The molecule has 39 heavy (non-hydrogen) atoms. The van der Waals surface area contributed by atoms with E-state index in [0.717, 1.165) is 25.7 Å². The van der Waals surface area contributed by atoms with E-state index in [4.69, 9.17) is 0 Å². The van der Waals surface area contributed by atoms with Crippen molar-refractivity contribution in [2.45, 2.75) is 220 Å². The first-order chi connectivity index (χ1) is 19.0. The number of carboxylic acids is 1. The van der Waals surface area contributed by atoms with Gasteiger partial charge in [-0.3, -0.25) is 4.79 Å². The summed E-state index contributed by atoms with van der Waals surface area (Å²) >= 11 is 0. The molecule has 0 saturated carbocycles. The molecule has 0 aliphatic carbocycles. The van der Waals surface area contributed by atoms with Crippen molar-refractivity contribution >= 4 is 5.97 Å². The molecule has 0 spiro atoms. The van der Waals surface area contributed by atoms with Crippen molar-refractivity contribution in [1.29, 1.82) is 0 Å². The highest BCUT2D eigenvalue weighted by molar-refractivity contribution is 5.74. The van der Waals surface area contributed by atoms with Gasteiger partial charge in [0.05, 0.1) is 5.41 Å². The maximum absolute atomic E-state index is 12.4. The molecule has 234 valence electrons. The molecule has 0 aromatic heterocycles. The van der Waals surface area contributed by atoms with Crippen LogP contribution in [-0.2, 0) is 4.79 Å². The first-order valence-electron chi connectivity index (χ1n) is 18.3. The van der Waals surface area contributed by atoms with Crippen LogP contribution in [0.1, 0.15) is 220 Å². The van der Waals surface area contributed by atoms with Crippen LogP contribution in [0.4, 0.5) is 0 Å². The maximum atomic E-state index is 12.4. The summed E-state index contributed by atoms with van der Waals surface area (Å²) in [5.74, 6) is -0.253. The molecule has 0 heterocycles. The summed E-state index contributed by atoms with van der Waals surface area (Å²) in [6.07, 6.45) is 39.5. The van der Waals surface area contributed by atoms with Gasteiger partial charge in [0.2, 0.25) is 0 Å². The van der Waals surface area contributed by atoms with E-state index in [1.54, 1.807) is 0 Å². The monoisotopic (exact) mass is 551 g/mol. The molecule has 0 bridgehead atoms. The van der Waals surface area contributed by atoms with Crippen LogP contribution < -0.4 is 0 Å². The largest absolute Gasteiger partial charge is 0.481 e. The number of hydrogen-bond donors (Lipinski definition) is 1. The van der Waals surface area contributed by atoms with Crippen molar-refractivity contribution < 1.29 is 9.90 Å². The molecule has 2 heteroatoms. The molecular weight excluding hydrogens is 476 g/mol. The van der Waals surface area contributed by atoms with Crippen LogP contribution in [0.3, 0.4) is 0 Å². The van der Waals surface area contributed by atoms with Crippen LogP contribution in [0.5, 0.6) is 0 Å². The topological polar surface area (TPSA) is 37.3 Å². The van der Waals surface area contributed by atoms with Crippen molar-refractivity contribution in [3.8, 4) is 0 Å². The van der Waals surface area contributed by atoms with Gasteiger partial charge in [-0.2, -0.15) is 0 Å². The highest BCUT2D eigenvalue weighted by Crippen LogP contribution is 2.40. The fraction of sp³-hybridized carbons (Fsp3) is 0.973. The van der Waals surface area contributed by atoms with E-state index in [-0.39, 0.29) is 5.92 Å². The predicted octanol–water partition coefficient (Wildman–Crippen LogP) is 13.5. The van der Waals surface area contributed by atoms with E-state index in [9.17, 15) is 9.90 Å². The molecule has 0 rings (SSSR count). The third-order valence-corrected chi connectivity index (χ3v) is 9.72. The Morgan fingerprint density at radius 2 is 0.769 bits per heavy atom. The van der Waals surface area contributed by atoms with Gasteiger partial charge in [-0.25, -0.2) is 0 Å². The normalized spacial score (nSPS) is 13.9. The first-order valence-corrected chi connectivity index (χ1v) is 18.3. The lowest BCUT2D eigenvalue weighted by atomic mass is 9.69. The van der Waals surface area contributed by atoms with Crippen LogP contribution in [0.2, 0.25) is 0 Å². The van der Waals surface area contributed by atoms with Crippen LogP contribution in [0.25, 0.3) is 0 Å². The second-order valence-corrected chi connectivity index (χ2v) is 13.1. The van der Waals surface area contributed by atoms with Gasteiger partial charge < -0.3 is 5.11 Å². The van der Waals surface area contributed by atoms with E-state index in [1.807, 2.05) is 0 Å². The zero-order chi connectivity index (χ0) is 28.9. The van der Waals surface area contributed by atoms with Gasteiger partial charge in [0, 0.05) is 0 Å². The molecule has 0 aromatic carbocycles. The lowest BCUT2D eigenvalue weighted by Gasteiger charge is -2.35. The molecule has 0 aliphatic heterocycles. The summed E-state index contributed by atoms with van der Waals surface area (Å²) in [5, 5.41) is 10.2. The molecule has 0 aliphatic rings. The van der Waals surface area contributed by atoms with Crippen LogP contribution in [0.15, 0.2) is 0 Å².